The molecule has 0 bridgehead atoms. The molecule has 38 heavy (non-hydrogen) atoms. The summed E-state index contributed by atoms with van der Waals surface area (Å²) in [5.74, 6) is 0.542. The van der Waals surface area contributed by atoms with E-state index in [0.717, 1.165) is 5.03 Å². The van der Waals surface area contributed by atoms with Gasteiger partial charge in [0.15, 0.2) is 18.7 Å². The highest BCUT2D eigenvalue weighted by Crippen LogP contribution is 2.29. The number of aliphatic hydroxyl groups is 5. The molecule has 14 nitrogen and oxygen atoms in total. The van der Waals surface area contributed by atoms with Crippen molar-refractivity contribution in [3.8, 4) is 0 Å². The number of aliphatic hydroxyl groups excluding tert-OH is 5. The van der Waals surface area contributed by atoms with Crippen LogP contribution in [0.4, 0.5) is 4.79 Å². The summed E-state index contributed by atoms with van der Waals surface area (Å²) in [6, 6.07) is 5.55. The summed E-state index contributed by atoms with van der Waals surface area (Å²) in [5, 5.41) is 55.0. The largest absolute Gasteiger partial charge is 0.440 e. The summed E-state index contributed by atoms with van der Waals surface area (Å²) >= 11 is 0. The molecule has 0 saturated carbocycles. The van der Waals surface area contributed by atoms with Crippen LogP contribution in [0.1, 0.15) is 0 Å². The first-order valence-corrected chi connectivity index (χ1v) is 14.1. The van der Waals surface area contributed by atoms with Gasteiger partial charge in [0, 0.05) is 32.7 Å². The van der Waals surface area contributed by atoms with Gasteiger partial charge in [0.2, 0.25) is 0 Å². The number of carbonyl (C=O) groups is 1. The lowest BCUT2D eigenvalue weighted by Crippen LogP contribution is -2.62. The van der Waals surface area contributed by atoms with Gasteiger partial charge in [-0.1, -0.05) is 16.9 Å². The van der Waals surface area contributed by atoms with Crippen LogP contribution in [-0.4, -0.2) is 138 Å². The molecular formula is C22H34N2O12S2. The molecule has 6 N–H and O–H groups in total. The molecule has 3 rings (SSSR count). The summed E-state index contributed by atoms with van der Waals surface area (Å²) in [6.07, 6.45) is -13.0. The Bertz CT molecular complexity index is 846. The van der Waals surface area contributed by atoms with Crippen molar-refractivity contribution < 1.29 is 58.7 Å². The van der Waals surface area contributed by atoms with E-state index in [0.29, 0.717) is 5.75 Å². The molecule has 3 heterocycles. The predicted octanol–water partition coefficient (Wildman–Crippen LogP) is -1.52. The molecule has 1 amide bonds. The monoisotopic (exact) mass is 582 g/mol. The summed E-state index contributed by atoms with van der Waals surface area (Å²) in [6.45, 7) is -0.218. The number of nitrogens with zero attached hydrogens (tertiary/aromatic N) is 1. The van der Waals surface area contributed by atoms with E-state index in [-0.39, 0.29) is 13.2 Å². The first-order chi connectivity index (χ1) is 18.3. The zero-order valence-corrected chi connectivity index (χ0v) is 22.4. The molecule has 0 aromatic carbocycles. The molecule has 2 aliphatic rings. The minimum absolute atomic E-state index is 0.0728. The number of aromatic nitrogens is 1. The van der Waals surface area contributed by atoms with Crippen molar-refractivity contribution in [2.24, 2.45) is 0 Å². The number of alkyl carbamates (subject to hydrolysis) is 1. The van der Waals surface area contributed by atoms with Crippen LogP contribution < -0.4 is 5.32 Å². The second kappa shape index (κ2) is 15.5. The summed E-state index contributed by atoms with van der Waals surface area (Å²) in [5.41, 5.74) is 0. The number of rotatable bonds is 12. The third-order valence-electron chi connectivity index (χ3n) is 5.78. The average Bonchev–Trinajstić information content (AvgIpc) is 2.92. The van der Waals surface area contributed by atoms with Gasteiger partial charge in [-0.05, 0) is 22.9 Å². The van der Waals surface area contributed by atoms with E-state index in [4.69, 9.17) is 28.4 Å². The van der Waals surface area contributed by atoms with Gasteiger partial charge in [-0.25, -0.2) is 9.78 Å². The molecule has 0 radical (unpaired) electrons. The third-order valence-corrected chi connectivity index (χ3v) is 8.05. The molecule has 10 atom stereocenters. The van der Waals surface area contributed by atoms with E-state index in [1.54, 1.807) is 6.20 Å². The number of ether oxygens (including phenoxy) is 6. The fraction of sp³-hybridized carbons (Fsp3) is 0.727. The van der Waals surface area contributed by atoms with Crippen LogP contribution in [0.3, 0.4) is 0 Å². The van der Waals surface area contributed by atoms with Crippen LogP contribution in [0.5, 0.6) is 0 Å². The molecule has 16 heteroatoms. The maximum atomic E-state index is 12.3. The molecule has 0 aliphatic carbocycles. The van der Waals surface area contributed by atoms with Gasteiger partial charge >= 0.3 is 6.09 Å². The van der Waals surface area contributed by atoms with Gasteiger partial charge in [0.05, 0.1) is 13.2 Å². The molecule has 2 aliphatic heterocycles. The van der Waals surface area contributed by atoms with Crippen molar-refractivity contribution in [2.75, 3.05) is 39.7 Å². The number of nitrogens with one attached hydrogen (secondary N) is 1. The van der Waals surface area contributed by atoms with Crippen molar-refractivity contribution in [3.63, 3.8) is 0 Å². The number of hydrogen-bond donors (Lipinski definition) is 6. The highest BCUT2D eigenvalue weighted by atomic mass is 33.1. The van der Waals surface area contributed by atoms with Crippen molar-refractivity contribution in [1.29, 1.82) is 0 Å². The molecule has 2 fully saturated rings. The van der Waals surface area contributed by atoms with Gasteiger partial charge in [-0.2, -0.15) is 0 Å². The highest BCUT2D eigenvalue weighted by molar-refractivity contribution is 8.76. The Hall–Kier alpha value is -1.28. The molecule has 1 aromatic heterocycles. The summed E-state index contributed by atoms with van der Waals surface area (Å²) < 4.78 is 31.9. The topological polar surface area (TPSA) is 199 Å². The van der Waals surface area contributed by atoms with Crippen molar-refractivity contribution in [3.05, 3.63) is 24.4 Å². The second-order valence-corrected chi connectivity index (χ2v) is 10.9. The van der Waals surface area contributed by atoms with E-state index in [2.05, 4.69) is 10.3 Å². The Morgan fingerprint density at radius 1 is 0.974 bits per heavy atom. The minimum atomic E-state index is -1.60. The lowest BCUT2D eigenvalue weighted by atomic mass is 9.98. The molecule has 216 valence electrons. The quantitative estimate of drug-likeness (QED) is 0.123. The van der Waals surface area contributed by atoms with Gasteiger partial charge < -0.3 is 59.3 Å². The van der Waals surface area contributed by atoms with E-state index in [9.17, 15) is 30.3 Å². The fourth-order valence-electron chi connectivity index (χ4n) is 3.78. The van der Waals surface area contributed by atoms with Crippen molar-refractivity contribution in [2.45, 2.75) is 66.4 Å². The molecular weight excluding hydrogens is 548 g/mol. The smallest absolute Gasteiger partial charge is 0.407 e. The maximum absolute atomic E-state index is 12.3. The number of carbonyl (C=O) groups excluding carboxylic acids is 1. The van der Waals surface area contributed by atoms with Crippen LogP contribution in [-0.2, 0) is 28.4 Å². The maximum Gasteiger partial charge on any atom is 0.407 e. The Balaban J connectivity index is 1.50. The molecule has 0 spiro atoms. The molecule has 1 aromatic rings. The van der Waals surface area contributed by atoms with E-state index in [1.807, 2.05) is 18.2 Å². The Morgan fingerprint density at radius 3 is 2.39 bits per heavy atom. The van der Waals surface area contributed by atoms with E-state index < -0.39 is 74.1 Å². The number of amides is 1. The highest BCUT2D eigenvalue weighted by Gasteiger charge is 2.49. The predicted molar refractivity (Wildman–Crippen MR) is 133 cm³/mol. The standard InChI is InChI=1S/C22H34N2O12S2/c1-31-9-11-14(25)16(27)17(28)21(35-11)33-10-12-15(26)19(18(29)20(32-2)34-12)36-22(30)24-7-8-37-38-13-5-3-4-6-23-13/h3-6,11-12,14-21,25-29H,7-10H2,1-2H3,(H,24,30)/t11?,12?,14-,15-,16+,17?,18?,19+,20+,21+/m1/s1. The number of hydrogen-bond acceptors (Lipinski definition) is 15. The molecule has 4 unspecified atom stereocenters. The van der Waals surface area contributed by atoms with Crippen LogP contribution in [0.25, 0.3) is 0 Å². The molecule has 2 saturated heterocycles. The van der Waals surface area contributed by atoms with Gasteiger partial charge in [-0.15, -0.1) is 0 Å². The first kappa shape index (κ1) is 31.3. The van der Waals surface area contributed by atoms with Gasteiger partial charge in [0.1, 0.15) is 47.8 Å². The number of pyridine rings is 1. The second-order valence-electron chi connectivity index (χ2n) is 8.43. The normalized spacial score (nSPS) is 35.6. The first-order valence-electron chi connectivity index (χ1n) is 11.8. The van der Waals surface area contributed by atoms with Crippen LogP contribution in [0.2, 0.25) is 0 Å². The zero-order valence-electron chi connectivity index (χ0n) is 20.8. The van der Waals surface area contributed by atoms with Crippen molar-refractivity contribution >= 4 is 27.7 Å². The number of methoxy groups -OCH3 is 2. The lowest BCUT2D eigenvalue weighted by molar-refractivity contribution is -0.328. The summed E-state index contributed by atoms with van der Waals surface area (Å²) in [4.78, 5) is 16.5. The van der Waals surface area contributed by atoms with Gasteiger partial charge in [-0.3, -0.25) is 0 Å². The average molecular weight is 583 g/mol. The van der Waals surface area contributed by atoms with Crippen LogP contribution in [0.15, 0.2) is 29.4 Å². The van der Waals surface area contributed by atoms with E-state index in [1.165, 1.54) is 35.8 Å². The van der Waals surface area contributed by atoms with E-state index >= 15 is 0 Å². The van der Waals surface area contributed by atoms with Gasteiger partial charge in [0.25, 0.3) is 0 Å². The third kappa shape index (κ3) is 8.36. The van der Waals surface area contributed by atoms with Crippen LogP contribution in [0, 0.1) is 0 Å². The minimum Gasteiger partial charge on any atom is -0.440 e. The zero-order chi connectivity index (χ0) is 27.7. The van der Waals surface area contributed by atoms with Crippen molar-refractivity contribution in [1.82, 2.24) is 10.3 Å². The Morgan fingerprint density at radius 2 is 1.71 bits per heavy atom. The SMILES string of the molecule is COCC1O[C@H](OCC2O[C@H](OC)C(O)[C@@H](OC(=O)NCCSSc3ccccn3)[C@@H]2O)C(O)[C@@H](O)[C@@H]1O. The van der Waals surface area contributed by atoms with Crippen LogP contribution >= 0.6 is 21.6 Å². The Labute approximate surface area is 227 Å². The fourth-order valence-corrected chi connectivity index (χ4v) is 5.56. The lowest BCUT2D eigenvalue weighted by Gasteiger charge is -2.43. The Kier molecular flexibility index (Phi) is 12.7. The summed E-state index contributed by atoms with van der Waals surface area (Å²) in [7, 11) is 5.57.